The molecular formula is C30H33ClN2O8. The first-order chi connectivity index (χ1) is 19.7. The van der Waals surface area contributed by atoms with Crippen LogP contribution in [0.1, 0.15) is 90.5 Å². The van der Waals surface area contributed by atoms with Gasteiger partial charge < -0.3 is 15.7 Å². The summed E-state index contributed by atoms with van der Waals surface area (Å²) in [7, 11) is 0. The molecule has 0 aromatic heterocycles. The van der Waals surface area contributed by atoms with Gasteiger partial charge in [-0.1, -0.05) is 30.2 Å². The van der Waals surface area contributed by atoms with Crippen molar-refractivity contribution in [2.45, 2.75) is 81.4 Å². The minimum atomic E-state index is -2.02. The summed E-state index contributed by atoms with van der Waals surface area (Å²) in [6, 6.07) is 10.8. The first-order valence-corrected chi connectivity index (χ1v) is 14.6. The van der Waals surface area contributed by atoms with Gasteiger partial charge in [0, 0.05) is 59.6 Å². The summed E-state index contributed by atoms with van der Waals surface area (Å²) in [5.74, 6) is -2.79. The van der Waals surface area contributed by atoms with Crippen molar-refractivity contribution in [3.63, 3.8) is 0 Å². The van der Waals surface area contributed by atoms with Crippen LogP contribution >= 0.6 is 11.6 Å². The van der Waals surface area contributed by atoms with Crippen LogP contribution in [0.3, 0.4) is 0 Å². The Morgan fingerprint density at radius 2 is 1.51 bits per heavy atom. The van der Waals surface area contributed by atoms with Crippen molar-refractivity contribution in [1.29, 1.82) is 0 Å². The third-order valence-electron chi connectivity index (χ3n) is 8.66. The van der Waals surface area contributed by atoms with Gasteiger partial charge in [-0.3, -0.25) is 14.4 Å². The maximum Gasteiger partial charge on any atom is 0.261 e. The van der Waals surface area contributed by atoms with Crippen LogP contribution in [0, 0.1) is 5.92 Å². The predicted molar refractivity (Wildman–Crippen MR) is 147 cm³/mol. The molecule has 11 heteroatoms. The SMILES string of the molecule is O=C(CC1(O)C(=O)Nc2ccc(Cl)cc21)c1ccc(C(=O)NCC2CCC3(CC2)OOC2(CCCCC2)OO3)cc1. The van der Waals surface area contributed by atoms with E-state index >= 15 is 0 Å². The number of ketones is 1. The van der Waals surface area contributed by atoms with Crippen LogP contribution in [0.4, 0.5) is 5.69 Å². The van der Waals surface area contributed by atoms with Gasteiger partial charge in [0.05, 0.1) is 6.42 Å². The molecule has 1 atom stereocenters. The average molecular weight is 585 g/mol. The van der Waals surface area contributed by atoms with Crippen LogP contribution in [0.25, 0.3) is 0 Å². The van der Waals surface area contributed by atoms with E-state index in [9.17, 15) is 19.5 Å². The number of carbonyl (C=O) groups is 3. The minimum absolute atomic E-state index is 0.248. The third-order valence-corrected chi connectivity index (χ3v) is 8.90. The lowest BCUT2D eigenvalue weighted by Gasteiger charge is -2.46. The summed E-state index contributed by atoms with van der Waals surface area (Å²) in [6.45, 7) is 0.491. The van der Waals surface area contributed by atoms with E-state index in [4.69, 9.17) is 31.2 Å². The van der Waals surface area contributed by atoms with Crippen LogP contribution in [0.2, 0.25) is 5.02 Å². The Kier molecular flexibility index (Phi) is 7.65. The number of amides is 2. The minimum Gasteiger partial charge on any atom is -0.375 e. The second-order valence-corrected chi connectivity index (χ2v) is 12.0. The number of hydrogen-bond donors (Lipinski definition) is 3. The second kappa shape index (κ2) is 11.1. The molecule has 3 fully saturated rings. The van der Waals surface area contributed by atoms with Gasteiger partial charge in [-0.25, -0.2) is 0 Å². The normalized spacial score (nSPS) is 25.1. The van der Waals surface area contributed by atoms with Crippen LogP contribution in [0.5, 0.6) is 0 Å². The van der Waals surface area contributed by atoms with Gasteiger partial charge >= 0.3 is 0 Å². The Bertz CT molecular complexity index is 1320. The molecule has 3 N–H and O–H groups in total. The highest BCUT2D eigenvalue weighted by molar-refractivity contribution is 6.31. The largest absolute Gasteiger partial charge is 0.375 e. The van der Waals surface area contributed by atoms with Crippen molar-refractivity contribution in [3.05, 3.63) is 64.2 Å². The van der Waals surface area contributed by atoms with E-state index < -0.39 is 35.3 Å². The number of benzene rings is 2. The number of Topliss-reactive ketones (excluding diaryl/α,β-unsaturated/α-hetero) is 1. The van der Waals surface area contributed by atoms with Crippen molar-refractivity contribution in [2.75, 3.05) is 11.9 Å². The summed E-state index contributed by atoms with van der Waals surface area (Å²) < 4.78 is 0. The van der Waals surface area contributed by atoms with E-state index in [1.807, 2.05) is 0 Å². The first kappa shape index (κ1) is 28.3. The number of carbonyl (C=O) groups excluding carboxylic acids is 3. The van der Waals surface area contributed by atoms with Gasteiger partial charge in [-0.15, -0.1) is 0 Å². The van der Waals surface area contributed by atoms with E-state index in [1.54, 1.807) is 24.3 Å². The van der Waals surface area contributed by atoms with Crippen LogP contribution in [0.15, 0.2) is 42.5 Å². The summed E-state index contributed by atoms with van der Waals surface area (Å²) in [4.78, 5) is 61.1. The Balaban J connectivity index is 0.985. The lowest BCUT2D eigenvalue weighted by molar-refractivity contribution is -0.663. The van der Waals surface area contributed by atoms with Crippen molar-refractivity contribution < 1.29 is 39.0 Å². The Morgan fingerprint density at radius 3 is 2.17 bits per heavy atom. The maximum absolute atomic E-state index is 13.0. The van der Waals surface area contributed by atoms with Gasteiger partial charge in [0.2, 0.25) is 11.6 Å². The molecule has 2 saturated carbocycles. The van der Waals surface area contributed by atoms with Crippen molar-refractivity contribution in [3.8, 4) is 0 Å². The van der Waals surface area contributed by atoms with Gasteiger partial charge in [0.15, 0.2) is 11.4 Å². The number of halogens is 1. The molecule has 0 radical (unpaired) electrons. The van der Waals surface area contributed by atoms with Gasteiger partial charge in [-0.05, 0) is 61.9 Å². The number of hydrogen-bond acceptors (Lipinski definition) is 8. The zero-order valence-corrected chi connectivity index (χ0v) is 23.3. The highest BCUT2D eigenvalue weighted by Crippen LogP contribution is 2.45. The third kappa shape index (κ3) is 5.64. The molecule has 218 valence electrons. The molecule has 2 aromatic carbocycles. The number of aliphatic hydroxyl groups is 1. The lowest BCUT2D eigenvalue weighted by atomic mass is 9.85. The topological polar surface area (TPSA) is 132 Å². The molecule has 1 unspecified atom stereocenters. The fourth-order valence-corrected chi connectivity index (χ4v) is 6.22. The van der Waals surface area contributed by atoms with E-state index in [-0.39, 0.29) is 23.0 Å². The first-order valence-electron chi connectivity index (χ1n) is 14.2. The van der Waals surface area contributed by atoms with Gasteiger partial charge in [0.25, 0.3) is 11.8 Å². The molecule has 4 aliphatic rings. The molecule has 6 rings (SSSR count). The second-order valence-electron chi connectivity index (χ2n) is 11.6. The van der Waals surface area contributed by atoms with Crippen molar-refractivity contribution in [2.24, 2.45) is 5.92 Å². The van der Waals surface area contributed by atoms with Crippen molar-refractivity contribution >= 4 is 34.9 Å². The molecule has 0 bridgehead atoms. The predicted octanol–water partition coefficient (Wildman–Crippen LogP) is 4.94. The average Bonchev–Trinajstić information content (AvgIpc) is 3.23. The Hall–Kier alpha value is -2.86. The van der Waals surface area contributed by atoms with E-state index in [2.05, 4.69) is 10.6 Å². The molecule has 2 amide bonds. The number of fused-ring (bicyclic) bond motifs is 1. The molecule has 2 aliphatic carbocycles. The van der Waals surface area contributed by atoms with Crippen molar-refractivity contribution in [1.82, 2.24) is 5.32 Å². The van der Waals surface area contributed by atoms with Crippen LogP contribution in [-0.2, 0) is 29.9 Å². The fraction of sp³-hybridized carbons (Fsp3) is 0.500. The maximum atomic E-state index is 13.0. The molecule has 2 spiro atoms. The summed E-state index contributed by atoms with van der Waals surface area (Å²) in [6.07, 6.45) is 7.02. The van der Waals surface area contributed by atoms with Gasteiger partial charge in [-0.2, -0.15) is 19.6 Å². The number of anilines is 1. The van der Waals surface area contributed by atoms with Gasteiger partial charge in [0.1, 0.15) is 0 Å². The molecule has 2 aromatic rings. The smallest absolute Gasteiger partial charge is 0.261 e. The highest BCUT2D eigenvalue weighted by atomic mass is 35.5. The lowest BCUT2D eigenvalue weighted by Crippen LogP contribution is -2.53. The molecule has 2 aliphatic heterocycles. The zero-order chi connectivity index (χ0) is 28.7. The molecule has 41 heavy (non-hydrogen) atoms. The summed E-state index contributed by atoms with van der Waals surface area (Å²) >= 11 is 6.04. The molecule has 1 saturated heterocycles. The highest BCUT2D eigenvalue weighted by Gasteiger charge is 2.51. The quantitative estimate of drug-likeness (QED) is 0.321. The molecular weight excluding hydrogens is 552 g/mol. The monoisotopic (exact) mass is 584 g/mol. The summed E-state index contributed by atoms with van der Waals surface area (Å²) in [5, 5.41) is 17.0. The van der Waals surface area contributed by atoms with E-state index in [0.717, 1.165) is 44.9 Å². The molecule has 10 nitrogen and oxygen atoms in total. The van der Waals surface area contributed by atoms with Crippen LogP contribution < -0.4 is 10.6 Å². The zero-order valence-electron chi connectivity index (χ0n) is 22.6. The van der Waals surface area contributed by atoms with E-state index in [1.165, 1.54) is 18.2 Å². The number of rotatable bonds is 6. The Labute approximate surface area is 242 Å². The van der Waals surface area contributed by atoms with Crippen LogP contribution in [-0.4, -0.2) is 40.8 Å². The van der Waals surface area contributed by atoms with E-state index in [0.29, 0.717) is 35.7 Å². The summed E-state index contributed by atoms with van der Waals surface area (Å²) in [5.41, 5.74) is -0.648. The Morgan fingerprint density at radius 1 is 0.902 bits per heavy atom. The molecule has 2 heterocycles. The standard InChI is InChI=1S/C30H33ClN2O8/c31-22-8-9-24-23(16-22)30(37,27(36)33-24)17-25(34)20-4-6-21(7-5-20)26(35)32-18-19-10-14-29(15-11-19)40-38-28(39-41-29)12-2-1-3-13-28/h4-9,16,19,37H,1-3,10-15,17-18H2,(H,32,35)(H,33,36). The fourth-order valence-electron chi connectivity index (χ4n) is 6.05. The number of nitrogens with one attached hydrogen (secondary N) is 2.